The van der Waals surface area contributed by atoms with Crippen molar-refractivity contribution >= 4 is 17.5 Å². The molecule has 0 saturated carbocycles. The van der Waals surface area contributed by atoms with E-state index in [4.69, 9.17) is 0 Å². The summed E-state index contributed by atoms with van der Waals surface area (Å²) >= 11 is 0. The third-order valence-corrected chi connectivity index (χ3v) is 3.09. The standard InChI is InChI=1S/C15H22N2O2/c1-5-13(18)16-12-9-7-11(8-10-12)14(19)17-15(3,4)6-2/h7-10H,5-6H2,1-4H3,(H,16,18)(H,17,19). The fourth-order valence-electron chi connectivity index (χ4n) is 1.42. The van der Waals surface area contributed by atoms with Crippen LogP contribution in [-0.2, 0) is 4.79 Å². The Balaban J connectivity index is 2.71. The number of nitrogens with one attached hydrogen (secondary N) is 2. The molecule has 4 heteroatoms. The van der Waals surface area contributed by atoms with E-state index in [0.717, 1.165) is 6.42 Å². The number of anilines is 1. The van der Waals surface area contributed by atoms with Gasteiger partial charge in [-0.3, -0.25) is 9.59 Å². The number of rotatable bonds is 5. The second-order valence-electron chi connectivity index (χ2n) is 5.17. The highest BCUT2D eigenvalue weighted by atomic mass is 16.2. The molecule has 2 N–H and O–H groups in total. The molecule has 2 amide bonds. The molecule has 0 aliphatic carbocycles. The van der Waals surface area contributed by atoms with Gasteiger partial charge in [-0.15, -0.1) is 0 Å². The molecule has 1 aromatic carbocycles. The van der Waals surface area contributed by atoms with Crippen molar-refractivity contribution in [2.24, 2.45) is 0 Å². The molecule has 19 heavy (non-hydrogen) atoms. The molecule has 0 atom stereocenters. The zero-order valence-electron chi connectivity index (χ0n) is 12.0. The van der Waals surface area contributed by atoms with Crippen molar-refractivity contribution in [3.8, 4) is 0 Å². The maximum absolute atomic E-state index is 12.0. The quantitative estimate of drug-likeness (QED) is 0.857. The number of carbonyl (C=O) groups excluding carboxylic acids is 2. The maximum atomic E-state index is 12.0. The number of amides is 2. The van der Waals surface area contributed by atoms with Gasteiger partial charge >= 0.3 is 0 Å². The fourth-order valence-corrected chi connectivity index (χ4v) is 1.42. The van der Waals surface area contributed by atoms with Gasteiger partial charge < -0.3 is 10.6 Å². The van der Waals surface area contributed by atoms with E-state index < -0.39 is 0 Å². The van der Waals surface area contributed by atoms with Crippen LogP contribution in [-0.4, -0.2) is 17.4 Å². The highest BCUT2D eigenvalue weighted by molar-refractivity contribution is 5.96. The van der Waals surface area contributed by atoms with E-state index in [-0.39, 0.29) is 17.4 Å². The smallest absolute Gasteiger partial charge is 0.251 e. The summed E-state index contributed by atoms with van der Waals surface area (Å²) in [5.41, 5.74) is 1.08. The average Bonchev–Trinajstić information content (AvgIpc) is 2.39. The van der Waals surface area contributed by atoms with Crippen molar-refractivity contribution in [3.05, 3.63) is 29.8 Å². The van der Waals surface area contributed by atoms with E-state index in [0.29, 0.717) is 17.7 Å². The Hall–Kier alpha value is -1.84. The molecule has 0 saturated heterocycles. The van der Waals surface area contributed by atoms with Crippen LogP contribution in [0.25, 0.3) is 0 Å². The second kappa shape index (κ2) is 6.36. The van der Waals surface area contributed by atoms with Crippen LogP contribution in [0.2, 0.25) is 0 Å². The van der Waals surface area contributed by atoms with Gasteiger partial charge in [0.25, 0.3) is 5.91 Å². The Bertz CT molecular complexity index is 450. The van der Waals surface area contributed by atoms with Gasteiger partial charge in [-0.05, 0) is 44.5 Å². The first-order valence-electron chi connectivity index (χ1n) is 6.60. The zero-order chi connectivity index (χ0) is 14.5. The normalized spacial score (nSPS) is 10.9. The van der Waals surface area contributed by atoms with Crippen molar-refractivity contribution in [1.29, 1.82) is 0 Å². The van der Waals surface area contributed by atoms with Gasteiger partial charge in [0.15, 0.2) is 0 Å². The zero-order valence-corrected chi connectivity index (χ0v) is 12.0. The summed E-state index contributed by atoms with van der Waals surface area (Å²) in [6.45, 7) is 7.80. The lowest BCUT2D eigenvalue weighted by Crippen LogP contribution is -2.42. The molecule has 0 radical (unpaired) electrons. The lowest BCUT2D eigenvalue weighted by molar-refractivity contribution is -0.115. The Morgan fingerprint density at radius 3 is 2.16 bits per heavy atom. The van der Waals surface area contributed by atoms with Gasteiger partial charge in [-0.2, -0.15) is 0 Å². The molecular weight excluding hydrogens is 240 g/mol. The van der Waals surface area contributed by atoms with Gasteiger partial charge in [0.1, 0.15) is 0 Å². The van der Waals surface area contributed by atoms with E-state index in [1.54, 1.807) is 31.2 Å². The molecule has 4 nitrogen and oxygen atoms in total. The Morgan fingerprint density at radius 2 is 1.68 bits per heavy atom. The Kier molecular flexibility index (Phi) is 5.10. The minimum Gasteiger partial charge on any atom is -0.347 e. The van der Waals surface area contributed by atoms with E-state index in [1.165, 1.54) is 0 Å². The van der Waals surface area contributed by atoms with Crippen LogP contribution in [0.3, 0.4) is 0 Å². The maximum Gasteiger partial charge on any atom is 0.251 e. The molecule has 0 aliphatic heterocycles. The number of benzene rings is 1. The van der Waals surface area contributed by atoms with Crippen molar-refractivity contribution in [1.82, 2.24) is 5.32 Å². The number of hydrogen-bond acceptors (Lipinski definition) is 2. The molecule has 0 bridgehead atoms. The Morgan fingerprint density at radius 1 is 1.11 bits per heavy atom. The third-order valence-electron chi connectivity index (χ3n) is 3.09. The van der Waals surface area contributed by atoms with Crippen molar-refractivity contribution < 1.29 is 9.59 Å². The molecule has 0 aromatic heterocycles. The predicted molar refractivity (Wildman–Crippen MR) is 77.2 cm³/mol. The molecule has 0 unspecified atom stereocenters. The van der Waals surface area contributed by atoms with Crippen LogP contribution in [0.4, 0.5) is 5.69 Å². The van der Waals surface area contributed by atoms with E-state index in [1.807, 2.05) is 20.8 Å². The molecule has 0 heterocycles. The second-order valence-corrected chi connectivity index (χ2v) is 5.17. The first-order valence-corrected chi connectivity index (χ1v) is 6.60. The minimum absolute atomic E-state index is 0.0377. The largest absolute Gasteiger partial charge is 0.347 e. The van der Waals surface area contributed by atoms with Crippen molar-refractivity contribution in [3.63, 3.8) is 0 Å². The van der Waals surface area contributed by atoms with Crippen LogP contribution in [0.5, 0.6) is 0 Å². The van der Waals surface area contributed by atoms with E-state index in [2.05, 4.69) is 10.6 Å². The lowest BCUT2D eigenvalue weighted by Gasteiger charge is -2.24. The first-order chi connectivity index (χ1) is 8.88. The summed E-state index contributed by atoms with van der Waals surface area (Å²) in [5, 5.41) is 5.71. The van der Waals surface area contributed by atoms with Crippen LogP contribution in [0, 0.1) is 0 Å². The molecular formula is C15H22N2O2. The average molecular weight is 262 g/mol. The van der Waals surface area contributed by atoms with Crippen LogP contribution >= 0.6 is 0 Å². The van der Waals surface area contributed by atoms with Gasteiger partial charge in [0.2, 0.25) is 5.91 Å². The summed E-state index contributed by atoms with van der Waals surface area (Å²) in [7, 11) is 0. The summed E-state index contributed by atoms with van der Waals surface area (Å²) in [5.74, 6) is -0.135. The highest BCUT2D eigenvalue weighted by Crippen LogP contribution is 2.12. The van der Waals surface area contributed by atoms with Crippen LogP contribution in [0.15, 0.2) is 24.3 Å². The van der Waals surface area contributed by atoms with Crippen molar-refractivity contribution in [2.75, 3.05) is 5.32 Å². The van der Waals surface area contributed by atoms with E-state index >= 15 is 0 Å². The first kappa shape index (κ1) is 15.2. The van der Waals surface area contributed by atoms with Crippen LogP contribution < -0.4 is 10.6 Å². The number of hydrogen-bond donors (Lipinski definition) is 2. The summed E-state index contributed by atoms with van der Waals surface area (Å²) in [6, 6.07) is 6.90. The highest BCUT2D eigenvalue weighted by Gasteiger charge is 2.18. The summed E-state index contributed by atoms with van der Waals surface area (Å²) in [6.07, 6.45) is 1.30. The summed E-state index contributed by atoms with van der Waals surface area (Å²) in [4.78, 5) is 23.2. The molecule has 104 valence electrons. The third kappa shape index (κ3) is 4.73. The van der Waals surface area contributed by atoms with Gasteiger partial charge in [0.05, 0.1) is 0 Å². The van der Waals surface area contributed by atoms with Gasteiger partial charge in [-0.1, -0.05) is 13.8 Å². The predicted octanol–water partition coefficient (Wildman–Crippen LogP) is 2.95. The van der Waals surface area contributed by atoms with Crippen molar-refractivity contribution in [2.45, 2.75) is 46.1 Å². The SMILES string of the molecule is CCC(=O)Nc1ccc(C(=O)NC(C)(C)CC)cc1. The van der Waals surface area contributed by atoms with E-state index in [9.17, 15) is 9.59 Å². The monoisotopic (exact) mass is 262 g/mol. The number of carbonyl (C=O) groups is 2. The summed E-state index contributed by atoms with van der Waals surface area (Å²) < 4.78 is 0. The van der Waals surface area contributed by atoms with Gasteiger partial charge in [0, 0.05) is 23.2 Å². The molecule has 1 aromatic rings. The topological polar surface area (TPSA) is 58.2 Å². The lowest BCUT2D eigenvalue weighted by atomic mass is 10.0. The fraction of sp³-hybridized carbons (Fsp3) is 0.467. The molecule has 1 rings (SSSR count). The molecule has 0 spiro atoms. The minimum atomic E-state index is -0.216. The molecule has 0 fully saturated rings. The molecule has 0 aliphatic rings. The van der Waals surface area contributed by atoms with Gasteiger partial charge in [-0.25, -0.2) is 0 Å². The van der Waals surface area contributed by atoms with Crippen LogP contribution in [0.1, 0.15) is 50.9 Å². The Labute approximate surface area is 114 Å².